The van der Waals surface area contributed by atoms with Crippen molar-refractivity contribution in [2.45, 2.75) is 13.0 Å². The second-order valence-corrected chi connectivity index (χ2v) is 3.32. The third-order valence-electron chi connectivity index (χ3n) is 1.46. The molecule has 0 radical (unpaired) electrons. The number of nitrogens with zero attached hydrogens (tertiary/aromatic N) is 2. The molecule has 0 amide bonds. The highest BCUT2D eigenvalue weighted by atomic mass is 35.5. The topological polar surface area (TPSA) is 75.1 Å². The van der Waals surface area contributed by atoms with Gasteiger partial charge in [-0.15, -0.1) is 10.2 Å². The fourth-order valence-corrected chi connectivity index (χ4v) is 1.04. The van der Waals surface area contributed by atoms with Gasteiger partial charge in [-0.25, -0.2) is 0 Å². The molecule has 1 aromatic heterocycles. The molecule has 1 rings (SSSR count). The van der Waals surface area contributed by atoms with E-state index < -0.39 is 12.0 Å². The maximum Gasteiger partial charge on any atom is 0.325 e. The zero-order valence-electron chi connectivity index (χ0n) is 7.16. The number of hydrogen-bond donors (Lipinski definition) is 2. The molecule has 0 aliphatic carbocycles. The Bertz CT molecular complexity index is 359. The van der Waals surface area contributed by atoms with Crippen LogP contribution in [0.2, 0.25) is 10.3 Å². The van der Waals surface area contributed by atoms with E-state index in [1.165, 1.54) is 13.0 Å². The first-order chi connectivity index (χ1) is 6.50. The van der Waals surface area contributed by atoms with E-state index in [2.05, 4.69) is 15.5 Å². The van der Waals surface area contributed by atoms with E-state index >= 15 is 0 Å². The normalized spacial score (nSPS) is 12.2. The summed E-state index contributed by atoms with van der Waals surface area (Å²) >= 11 is 11.2. The van der Waals surface area contributed by atoms with Crippen molar-refractivity contribution in [3.05, 3.63) is 16.4 Å². The van der Waals surface area contributed by atoms with Crippen molar-refractivity contribution in [3.63, 3.8) is 0 Å². The van der Waals surface area contributed by atoms with Crippen molar-refractivity contribution in [2.75, 3.05) is 5.32 Å². The lowest BCUT2D eigenvalue weighted by atomic mass is 10.3. The predicted molar refractivity (Wildman–Crippen MR) is 52.8 cm³/mol. The summed E-state index contributed by atoms with van der Waals surface area (Å²) in [4.78, 5) is 10.5. The molecule has 0 aromatic carbocycles. The Morgan fingerprint density at radius 2 is 2.21 bits per heavy atom. The maximum absolute atomic E-state index is 10.5. The van der Waals surface area contributed by atoms with Crippen LogP contribution in [0.4, 0.5) is 5.69 Å². The molecule has 2 N–H and O–H groups in total. The van der Waals surface area contributed by atoms with E-state index in [1.54, 1.807) is 0 Å². The van der Waals surface area contributed by atoms with Crippen LogP contribution < -0.4 is 5.32 Å². The number of carboxylic acids is 1. The largest absolute Gasteiger partial charge is 0.480 e. The Balaban J connectivity index is 2.85. The monoisotopic (exact) mass is 235 g/mol. The number of aromatic nitrogens is 2. The van der Waals surface area contributed by atoms with Gasteiger partial charge in [0.15, 0.2) is 10.3 Å². The van der Waals surface area contributed by atoms with Crippen LogP contribution in [0.5, 0.6) is 0 Å². The van der Waals surface area contributed by atoms with Crippen LogP contribution in [0.15, 0.2) is 6.07 Å². The van der Waals surface area contributed by atoms with Gasteiger partial charge in [-0.05, 0) is 6.92 Å². The van der Waals surface area contributed by atoms with Crippen molar-refractivity contribution in [1.82, 2.24) is 10.2 Å². The molecule has 0 aliphatic rings. The Labute approximate surface area is 90.0 Å². The molecule has 0 saturated carbocycles. The van der Waals surface area contributed by atoms with Gasteiger partial charge >= 0.3 is 5.97 Å². The van der Waals surface area contributed by atoms with Crippen LogP contribution in [0.25, 0.3) is 0 Å². The molecule has 5 nitrogen and oxygen atoms in total. The average molecular weight is 236 g/mol. The third kappa shape index (κ3) is 2.71. The zero-order valence-corrected chi connectivity index (χ0v) is 8.67. The number of carbonyl (C=O) groups is 1. The summed E-state index contributed by atoms with van der Waals surface area (Å²) in [6.45, 7) is 1.48. The molecule has 1 atom stereocenters. The summed E-state index contributed by atoms with van der Waals surface area (Å²) in [5, 5.41) is 18.5. The Hall–Kier alpha value is -1.07. The summed E-state index contributed by atoms with van der Waals surface area (Å²) in [6.07, 6.45) is 0. The van der Waals surface area contributed by atoms with Gasteiger partial charge < -0.3 is 10.4 Å². The number of aliphatic carboxylic acids is 1. The van der Waals surface area contributed by atoms with E-state index in [0.29, 0.717) is 5.69 Å². The van der Waals surface area contributed by atoms with E-state index in [-0.39, 0.29) is 10.3 Å². The zero-order chi connectivity index (χ0) is 10.7. The van der Waals surface area contributed by atoms with Crippen LogP contribution in [-0.2, 0) is 4.79 Å². The number of rotatable bonds is 3. The van der Waals surface area contributed by atoms with Gasteiger partial charge in [0.25, 0.3) is 0 Å². The Morgan fingerprint density at radius 1 is 1.57 bits per heavy atom. The van der Waals surface area contributed by atoms with E-state index in [1.807, 2.05) is 0 Å². The van der Waals surface area contributed by atoms with Gasteiger partial charge in [0, 0.05) is 6.07 Å². The molecule has 76 valence electrons. The van der Waals surface area contributed by atoms with Crippen LogP contribution in [0, 0.1) is 0 Å². The Kier molecular flexibility index (Phi) is 3.49. The van der Waals surface area contributed by atoms with Gasteiger partial charge in [0.05, 0.1) is 5.69 Å². The molecule has 0 saturated heterocycles. The van der Waals surface area contributed by atoms with Crippen LogP contribution in [-0.4, -0.2) is 27.3 Å². The molecule has 0 bridgehead atoms. The van der Waals surface area contributed by atoms with Gasteiger partial charge in [-0.2, -0.15) is 0 Å². The van der Waals surface area contributed by atoms with E-state index in [9.17, 15) is 4.79 Å². The van der Waals surface area contributed by atoms with E-state index in [0.717, 1.165) is 0 Å². The minimum Gasteiger partial charge on any atom is -0.480 e. The first-order valence-corrected chi connectivity index (χ1v) is 4.44. The highest BCUT2D eigenvalue weighted by Gasteiger charge is 2.13. The van der Waals surface area contributed by atoms with Gasteiger partial charge in [-0.3, -0.25) is 4.79 Å². The smallest absolute Gasteiger partial charge is 0.325 e. The lowest BCUT2D eigenvalue weighted by molar-refractivity contribution is -0.137. The van der Waals surface area contributed by atoms with Gasteiger partial charge in [0.1, 0.15) is 6.04 Å². The molecule has 7 heteroatoms. The van der Waals surface area contributed by atoms with Gasteiger partial charge in [0.2, 0.25) is 0 Å². The molecule has 0 spiro atoms. The summed E-state index contributed by atoms with van der Waals surface area (Å²) in [5.41, 5.74) is 0.349. The SMILES string of the molecule is CC(Nc1cc(Cl)nnc1Cl)C(=O)O. The molecule has 1 aromatic rings. The summed E-state index contributed by atoms with van der Waals surface area (Å²) in [5.74, 6) is -0.992. The Morgan fingerprint density at radius 3 is 2.79 bits per heavy atom. The predicted octanol–water partition coefficient (Wildman–Crippen LogP) is 1.67. The second-order valence-electron chi connectivity index (χ2n) is 2.58. The molecule has 1 heterocycles. The fourth-order valence-electron chi connectivity index (χ4n) is 0.749. The second kappa shape index (κ2) is 4.43. The molecular formula is C7H7Cl2N3O2. The standard InChI is InChI=1S/C7H7Cl2N3O2/c1-3(7(13)14)10-4-2-5(8)11-12-6(4)9/h2-3H,1H3,(H,10,11)(H,13,14). The molecule has 14 heavy (non-hydrogen) atoms. The first-order valence-electron chi connectivity index (χ1n) is 3.68. The third-order valence-corrected chi connectivity index (χ3v) is 1.93. The molecule has 1 unspecified atom stereocenters. The van der Waals surface area contributed by atoms with Crippen LogP contribution in [0.1, 0.15) is 6.92 Å². The fraction of sp³-hybridized carbons (Fsp3) is 0.286. The van der Waals surface area contributed by atoms with Crippen molar-refractivity contribution < 1.29 is 9.90 Å². The lowest BCUT2D eigenvalue weighted by Crippen LogP contribution is -2.25. The minimum absolute atomic E-state index is 0.0856. The van der Waals surface area contributed by atoms with Crippen molar-refractivity contribution in [2.24, 2.45) is 0 Å². The number of carboxylic acid groups (broad SMARTS) is 1. The first kappa shape index (κ1) is 11.0. The molecule has 0 fully saturated rings. The van der Waals surface area contributed by atoms with Crippen LogP contribution >= 0.6 is 23.2 Å². The maximum atomic E-state index is 10.5. The number of hydrogen-bond acceptors (Lipinski definition) is 4. The highest BCUT2D eigenvalue weighted by Crippen LogP contribution is 2.21. The van der Waals surface area contributed by atoms with E-state index in [4.69, 9.17) is 28.3 Å². The molecule has 0 aliphatic heterocycles. The van der Waals surface area contributed by atoms with Crippen molar-refractivity contribution in [1.29, 1.82) is 0 Å². The quantitative estimate of drug-likeness (QED) is 0.834. The minimum atomic E-state index is -0.992. The van der Waals surface area contributed by atoms with Crippen LogP contribution in [0.3, 0.4) is 0 Å². The highest BCUT2D eigenvalue weighted by molar-refractivity contribution is 6.33. The van der Waals surface area contributed by atoms with Gasteiger partial charge in [-0.1, -0.05) is 23.2 Å². The van der Waals surface area contributed by atoms with Crippen molar-refractivity contribution >= 4 is 34.9 Å². The number of halogens is 2. The van der Waals surface area contributed by atoms with Crippen molar-refractivity contribution in [3.8, 4) is 0 Å². The number of anilines is 1. The number of nitrogens with one attached hydrogen (secondary N) is 1. The lowest BCUT2D eigenvalue weighted by Gasteiger charge is -2.10. The average Bonchev–Trinajstić information content (AvgIpc) is 2.11. The summed E-state index contributed by atoms with van der Waals surface area (Å²) < 4.78 is 0. The summed E-state index contributed by atoms with van der Waals surface area (Å²) in [7, 11) is 0. The summed E-state index contributed by atoms with van der Waals surface area (Å²) in [6, 6.07) is 0.642. The molecular weight excluding hydrogens is 229 g/mol.